The fraction of sp³-hybridized carbons (Fsp3) is 0.0455. The molecule has 6 nitrogen and oxygen atoms in total. The third-order valence-corrected chi connectivity index (χ3v) is 29.1. The molecule has 0 amide bonds. The average molecular weight is 1810 g/mol. The summed E-state index contributed by atoms with van der Waals surface area (Å²) in [5, 5.41) is 0. The van der Waals surface area contributed by atoms with Crippen molar-refractivity contribution < 1.29 is 28.4 Å². The number of benzene rings is 21. The molecule has 6 aliphatic rings. The third kappa shape index (κ3) is 15.2. The highest BCUT2D eigenvalue weighted by atomic mass is 16.5. The summed E-state index contributed by atoms with van der Waals surface area (Å²) in [7, 11) is 0. The van der Waals surface area contributed by atoms with Gasteiger partial charge in [0.1, 0.15) is 69.0 Å². The predicted octanol–water partition coefficient (Wildman–Crippen LogP) is 29.1. The van der Waals surface area contributed by atoms with E-state index in [-0.39, 0.29) is 20.1 Å². The van der Waals surface area contributed by atoms with Crippen molar-refractivity contribution in [1.82, 2.24) is 0 Å². The van der Waals surface area contributed by atoms with Crippen LogP contribution in [0.15, 0.2) is 455 Å². The standard InChI is InChI=1S/3C44H31BO2/c1-28-13-9-11-19-34(28)33-22-24-41-39(26-33)45-38-25-32(30-15-5-3-6-16-30)21-23-40(38)47-44-37(35-20-12-10-14-29(35)2)27-36(43(46-41)42(44)45)31-17-7-4-8-18-31;1-28-13-9-11-19-34(28)33-22-24-41-39(26-33)45-38-25-32(30-15-5-3-6-16-30)21-23-40(38)46-43-36(31-17-7-4-8-18-31)27-37(44(47-41)42(43)45)35-20-12-10-14-29(35)2;1-28-13-9-11-19-34(28)36-27-37(35-20-12-10-14-29(35)2)44-42-43(36)46-40-23-21-32(30-15-5-3-6-16-30)25-38(40)45(42)39-26-33(22-24-41(39)47-44)31-17-7-4-8-18-31/h3*3-27H,1-2H3. The first kappa shape index (κ1) is 85.3. The molecule has 0 aromatic heterocycles. The predicted molar refractivity (Wildman–Crippen MR) is 586 cm³/mol. The van der Waals surface area contributed by atoms with Gasteiger partial charge in [0.05, 0.1) is 0 Å². The maximum atomic E-state index is 7.03. The molecule has 6 aliphatic heterocycles. The van der Waals surface area contributed by atoms with Crippen molar-refractivity contribution in [2.75, 3.05) is 0 Å². The van der Waals surface area contributed by atoms with Crippen molar-refractivity contribution in [3.8, 4) is 203 Å². The SMILES string of the molecule is Cc1ccccc1-c1cc(-c2ccccc2C)c2c3c1Oc1ccc(-c4ccccc4)cc1B3c1cc(-c3ccccc3)ccc1O2.Cc1ccccc1-c1ccc2c(c1)B1c3cc(-c4ccccc4)ccc3Oc3c(-c4ccccc4)cc(-c4ccccc4C)c(c31)O2.Cc1ccccc1-c1ccc2c(c1)B1c3cc(-c4ccccc4)ccc3Oc3c(-c4ccccc4C)cc(-c4ccccc4)c(c31)O2. The fourth-order valence-electron chi connectivity index (χ4n) is 22.1. The average Bonchev–Trinajstić information content (AvgIpc) is 0.711. The second-order valence-electron chi connectivity index (χ2n) is 37.6. The minimum Gasteiger partial charge on any atom is -0.458 e. The molecular formula is C132H93B3O6. The summed E-state index contributed by atoms with van der Waals surface area (Å²) in [6.07, 6.45) is 0. The van der Waals surface area contributed by atoms with Crippen LogP contribution >= 0.6 is 0 Å². The Bertz CT molecular complexity index is 8010. The van der Waals surface area contributed by atoms with Gasteiger partial charge in [0.2, 0.25) is 0 Å². The first-order valence-corrected chi connectivity index (χ1v) is 48.6. The van der Waals surface area contributed by atoms with E-state index in [1.807, 2.05) is 0 Å². The highest BCUT2D eigenvalue weighted by Gasteiger charge is 2.48. The molecule has 141 heavy (non-hydrogen) atoms. The summed E-state index contributed by atoms with van der Waals surface area (Å²) in [5.41, 5.74) is 44.9. The van der Waals surface area contributed by atoms with Gasteiger partial charge in [-0.3, -0.25) is 0 Å². The van der Waals surface area contributed by atoms with Gasteiger partial charge in [0.25, 0.3) is 20.1 Å². The van der Waals surface area contributed by atoms with Crippen LogP contribution in [0, 0.1) is 41.5 Å². The zero-order valence-corrected chi connectivity index (χ0v) is 79.0. The quantitative estimate of drug-likeness (QED) is 0.114. The Hall–Kier alpha value is -17.4. The molecule has 0 radical (unpaired) electrons. The summed E-state index contributed by atoms with van der Waals surface area (Å²) in [5.74, 6) is 10.5. The number of hydrogen-bond acceptors (Lipinski definition) is 6. The van der Waals surface area contributed by atoms with Gasteiger partial charge in [0, 0.05) is 49.8 Å². The van der Waals surface area contributed by atoms with Crippen molar-refractivity contribution in [2.45, 2.75) is 41.5 Å². The summed E-state index contributed by atoms with van der Waals surface area (Å²) in [6, 6.07) is 162. The molecule has 21 aromatic carbocycles. The van der Waals surface area contributed by atoms with Crippen LogP contribution in [0.5, 0.6) is 69.0 Å². The molecule has 0 fully saturated rings. The Morgan fingerprint density at radius 3 is 0.518 bits per heavy atom. The molecule has 666 valence electrons. The van der Waals surface area contributed by atoms with E-state index in [9.17, 15) is 0 Å². The molecular weight excluding hydrogens is 1710 g/mol. The summed E-state index contributed by atoms with van der Waals surface area (Å²) in [6.45, 7) is 12.8. The van der Waals surface area contributed by atoms with Crippen molar-refractivity contribution >= 4 is 69.3 Å². The molecule has 0 unspecified atom stereocenters. The Balaban J connectivity index is 0.000000111. The van der Waals surface area contributed by atoms with Gasteiger partial charge in [-0.2, -0.15) is 0 Å². The molecule has 0 saturated heterocycles. The summed E-state index contributed by atoms with van der Waals surface area (Å²) < 4.78 is 42.1. The van der Waals surface area contributed by atoms with Crippen molar-refractivity contribution in [1.29, 1.82) is 0 Å². The van der Waals surface area contributed by atoms with Crippen molar-refractivity contribution in [3.63, 3.8) is 0 Å². The molecule has 0 N–H and O–H groups in total. The van der Waals surface area contributed by atoms with Crippen LogP contribution < -0.4 is 77.6 Å². The molecule has 0 saturated carbocycles. The lowest BCUT2D eigenvalue weighted by Crippen LogP contribution is -2.57. The highest BCUT2D eigenvalue weighted by Crippen LogP contribution is 2.53. The second kappa shape index (κ2) is 35.6. The third-order valence-electron chi connectivity index (χ3n) is 29.1. The van der Waals surface area contributed by atoms with Gasteiger partial charge >= 0.3 is 0 Å². The molecule has 0 aliphatic carbocycles. The van der Waals surface area contributed by atoms with E-state index in [1.54, 1.807) is 0 Å². The van der Waals surface area contributed by atoms with Gasteiger partial charge in [-0.1, -0.05) is 400 Å². The van der Waals surface area contributed by atoms with E-state index < -0.39 is 0 Å². The van der Waals surface area contributed by atoms with Gasteiger partial charge in [-0.15, -0.1) is 0 Å². The minimum atomic E-state index is -0.0911. The van der Waals surface area contributed by atoms with E-state index in [2.05, 4.69) is 497 Å². The fourth-order valence-corrected chi connectivity index (χ4v) is 22.1. The second-order valence-corrected chi connectivity index (χ2v) is 37.6. The lowest BCUT2D eigenvalue weighted by molar-refractivity contribution is 0.466. The smallest absolute Gasteiger partial charge is 0.260 e. The zero-order chi connectivity index (χ0) is 94.5. The van der Waals surface area contributed by atoms with Crippen molar-refractivity contribution in [2.24, 2.45) is 0 Å². The Labute approximate surface area is 824 Å². The van der Waals surface area contributed by atoms with E-state index in [1.165, 1.54) is 100 Å². The lowest BCUT2D eigenvalue weighted by Gasteiger charge is -2.36. The number of hydrogen-bond donors (Lipinski definition) is 0. The van der Waals surface area contributed by atoms with E-state index in [0.717, 1.165) is 185 Å². The normalized spacial score (nSPS) is 12.3. The molecule has 27 rings (SSSR count). The minimum absolute atomic E-state index is 0.0911. The van der Waals surface area contributed by atoms with E-state index >= 15 is 0 Å². The van der Waals surface area contributed by atoms with Crippen LogP contribution in [0.25, 0.3) is 134 Å². The van der Waals surface area contributed by atoms with Gasteiger partial charge in [-0.25, -0.2) is 0 Å². The van der Waals surface area contributed by atoms with Gasteiger partial charge in [-0.05, 0) is 262 Å². The lowest BCUT2D eigenvalue weighted by atomic mass is 9.34. The highest BCUT2D eigenvalue weighted by molar-refractivity contribution is 7.00. The first-order chi connectivity index (χ1) is 69.4. The monoisotopic (exact) mass is 1810 g/mol. The van der Waals surface area contributed by atoms with Crippen LogP contribution in [0.3, 0.4) is 0 Å². The van der Waals surface area contributed by atoms with E-state index in [4.69, 9.17) is 28.4 Å². The number of fused-ring (bicyclic) bond motifs is 12. The number of rotatable bonds is 12. The van der Waals surface area contributed by atoms with Crippen LogP contribution in [-0.4, -0.2) is 20.1 Å². The summed E-state index contributed by atoms with van der Waals surface area (Å²) in [4.78, 5) is 0. The van der Waals surface area contributed by atoms with Crippen LogP contribution in [-0.2, 0) is 0 Å². The van der Waals surface area contributed by atoms with Crippen LogP contribution in [0.4, 0.5) is 0 Å². The molecule has 0 spiro atoms. The largest absolute Gasteiger partial charge is 0.458 e. The summed E-state index contributed by atoms with van der Waals surface area (Å²) >= 11 is 0. The Morgan fingerprint density at radius 2 is 0.298 bits per heavy atom. The maximum Gasteiger partial charge on any atom is 0.260 e. The maximum absolute atomic E-state index is 7.03. The topological polar surface area (TPSA) is 55.4 Å². The molecule has 21 aromatic rings. The molecule has 0 atom stereocenters. The van der Waals surface area contributed by atoms with Crippen LogP contribution in [0.2, 0.25) is 0 Å². The van der Waals surface area contributed by atoms with Crippen LogP contribution in [0.1, 0.15) is 33.4 Å². The zero-order valence-electron chi connectivity index (χ0n) is 79.0. The number of aryl methyl sites for hydroxylation is 6. The Kier molecular flexibility index (Phi) is 21.6. The van der Waals surface area contributed by atoms with Crippen molar-refractivity contribution in [3.05, 3.63) is 488 Å². The van der Waals surface area contributed by atoms with E-state index in [0.29, 0.717) is 0 Å². The first-order valence-electron chi connectivity index (χ1n) is 48.6. The molecule has 0 bridgehead atoms. The molecule has 9 heteroatoms. The molecule has 6 heterocycles. The van der Waals surface area contributed by atoms with Gasteiger partial charge < -0.3 is 28.4 Å². The number of ether oxygens (including phenoxy) is 6. The van der Waals surface area contributed by atoms with Gasteiger partial charge in [0.15, 0.2) is 0 Å². The Morgan fingerprint density at radius 1 is 0.128 bits per heavy atom.